The summed E-state index contributed by atoms with van der Waals surface area (Å²) in [6.07, 6.45) is 2.66. The van der Waals surface area contributed by atoms with E-state index in [0.29, 0.717) is 45.5 Å². The van der Waals surface area contributed by atoms with Gasteiger partial charge in [-0.2, -0.15) is 0 Å². The average molecular weight is 386 g/mol. The number of thioether (sulfide) groups is 1. The van der Waals surface area contributed by atoms with E-state index in [-0.39, 0.29) is 5.91 Å². The number of likely N-dealkylation sites (N-methyl/N-ethyl adjacent to an activating group) is 1. The van der Waals surface area contributed by atoms with Crippen molar-refractivity contribution in [2.75, 3.05) is 19.8 Å². The number of carbonyl (C=O) groups excluding carboxylic acids is 1. The molecule has 1 aliphatic rings. The van der Waals surface area contributed by atoms with Crippen molar-refractivity contribution in [3.8, 4) is 11.5 Å². The fourth-order valence-electron chi connectivity index (χ4n) is 2.20. The molecule has 1 heterocycles. The van der Waals surface area contributed by atoms with Gasteiger partial charge < -0.3 is 9.47 Å². The molecule has 0 saturated carbocycles. The van der Waals surface area contributed by atoms with Gasteiger partial charge in [0.15, 0.2) is 11.5 Å². The van der Waals surface area contributed by atoms with Gasteiger partial charge in [0.2, 0.25) is 0 Å². The van der Waals surface area contributed by atoms with Crippen molar-refractivity contribution < 1.29 is 14.3 Å². The summed E-state index contributed by atoms with van der Waals surface area (Å²) in [7, 11) is 0. The number of benzene rings is 1. The van der Waals surface area contributed by atoms with Crippen LogP contribution in [0.25, 0.3) is 6.08 Å². The van der Waals surface area contributed by atoms with Gasteiger partial charge in [0.25, 0.3) is 5.91 Å². The fourth-order valence-corrected chi connectivity index (χ4v) is 3.86. The highest BCUT2D eigenvalue weighted by atomic mass is 35.5. The van der Waals surface area contributed by atoms with Crippen LogP contribution in [-0.2, 0) is 4.79 Å². The van der Waals surface area contributed by atoms with Crippen LogP contribution in [-0.4, -0.2) is 34.9 Å². The number of hydrogen-bond donors (Lipinski definition) is 0. The zero-order valence-electron chi connectivity index (χ0n) is 13.9. The summed E-state index contributed by atoms with van der Waals surface area (Å²) >= 11 is 12.9. The number of carbonyl (C=O) groups is 1. The maximum Gasteiger partial charge on any atom is 0.266 e. The minimum absolute atomic E-state index is 0.0760. The molecule has 0 unspecified atom stereocenters. The first-order valence-corrected chi connectivity index (χ1v) is 9.46. The highest BCUT2D eigenvalue weighted by molar-refractivity contribution is 8.26. The Kier molecular flexibility index (Phi) is 6.95. The largest absolute Gasteiger partial charge is 0.490 e. The molecule has 1 aromatic carbocycles. The van der Waals surface area contributed by atoms with Crippen LogP contribution in [0, 0.1) is 0 Å². The first kappa shape index (κ1) is 19.1. The van der Waals surface area contributed by atoms with E-state index >= 15 is 0 Å². The highest BCUT2D eigenvalue weighted by Crippen LogP contribution is 2.39. The average Bonchev–Trinajstić information content (AvgIpc) is 2.80. The second kappa shape index (κ2) is 8.74. The summed E-state index contributed by atoms with van der Waals surface area (Å²) in [4.78, 5) is 14.5. The molecule has 2 rings (SSSR count). The van der Waals surface area contributed by atoms with Crippen molar-refractivity contribution in [3.63, 3.8) is 0 Å². The van der Waals surface area contributed by atoms with Gasteiger partial charge in [-0.1, -0.05) is 42.5 Å². The Hall–Kier alpha value is -1.24. The monoisotopic (exact) mass is 385 g/mol. The third kappa shape index (κ3) is 4.23. The molecule has 130 valence electrons. The van der Waals surface area contributed by atoms with E-state index in [4.69, 9.17) is 33.3 Å². The van der Waals surface area contributed by atoms with Gasteiger partial charge in [-0.3, -0.25) is 9.69 Å². The molecule has 0 aliphatic carbocycles. The molecule has 4 nitrogen and oxygen atoms in total. The Balaban J connectivity index is 2.36. The van der Waals surface area contributed by atoms with E-state index in [1.807, 2.05) is 26.8 Å². The number of nitrogens with zero attached hydrogens (tertiary/aromatic N) is 1. The molecule has 1 aliphatic heterocycles. The zero-order valence-corrected chi connectivity index (χ0v) is 16.3. The topological polar surface area (TPSA) is 38.8 Å². The van der Waals surface area contributed by atoms with Crippen LogP contribution in [0.15, 0.2) is 17.0 Å². The summed E-state index contributed by atoms with van der Waals surface area (Å²) in [5.74, 6) is 1.04. The number of ether oxygens (including phenoxy) is 2. The van der Waals surface area contributed by atoms with Crippen molar-refractivity contribution in [2.24, 2.45) is 0 Å². The molecule has 1 amide bonds. The maximum absolute atomic E-state index is 12.3. The summed E-state index contributed by atoms with van der Waals surface area (Å²) < 4.78 is 11.9. The predicted molar refractivity (Wildman–Crippen MR) is 104 cm³/mol. The Bertz CT molecular complexity index is 676. The molecule has 0 N–H and O–H groups in total. The van der Waals surface area contributed by atoms with Crippen LogP contribution in [0.5, 0.6) is 11.5 Å². The van der Waals surface area contributed by atoms with Gasteiger partial charge in [-0.25, -0.2) is 0 Å². The van der Waals surface area contributed by atoms with Gasteiger partial charge in [0.1, 0.15) is 4.32 Å². The van der Waals surface area contributed by atoms with Gasteiger partial charge in [0, 0.05) is 6.54 Å². The Morgan fingerprint density at radius 2 is 2.04 bits per heavy atom. The van der Waals surface area contributed by atoms with E-state index in [1.165, 1.54) is 11.8 Å². The SMILES string of the molecule is CCCOc1c(Cl)cc(/C=C2\SC(=S)N(CC)C2=O)cc1OCC. The number of halogens is 1. The molecule has 1 aromatic rings. The smallest absolute Gasteiger partial charge is 0.266 e. The lowest BCUT2D eigenvalue weighted by Gasteiger charge is -2.14. The van der Waals surface area contributed by atoms with Crippen LogP contribution >= 0.6 is 35.6 Å². The Labute approximate surface area is 157 Å². The Morgan fingerprint density at radius 3 is 2.62 bits per heavy atom. The van der Waals surface area contributed by atoms with Gasteiger partial charge in [-0.05, 0) is 44.0 Å². The quantitative estimate of drug-likeness (QED) is 0.500. The summed E-state index contributed by atoms with van der Waals surface area (Å²) in [5, 5.41) is 0.464. The van der Waals surface area contributed by atoms with Crippen LogP contribution in [0.3, 0.4) is 0 Å². The van der Waals surface area contributed by atoms with Gasteiger partial charge in [-0.15, -0.1) is 0 Å². The van der Waals surface area contributed by atoms with Crippen molar-refractivity contribution in [1.82, 2.24) is 4.90 Å². The molecule has 0 spiro atoms. The third-order valence-corrected chi connectivity index (χ3v) is 4.93. The van der Waals surface area contributed by atoms with Crippen molar-refractivity contribution in [2.45, 2.75) is 27.2 Å². The van der Waals surface area contributed by atoms with Crippen LogP contribution in [0.1, 0.15) is 32.8 Å². The second-order valence-electron chi connectivity index (χ2n) is 5.04. The standard InChI is InChI=1S/C17H20ClNO3S2/c1-4-7-22-15-12(18)8-11(9-13(15)21-6-3)10-14-16(20)19(5-2)17(23)24-14/h8-10H,4-7H2,1-3H3/b14-10-. The lowest BCUT2D eigenvalue weighted by Crippen LogP contribution is -2.27. The number of hydrogen-bond acceptors (Lipinski definition) is 5. The summed E-state index contributed by atoms with van der Waals surface area (Å²) in [5.41, 5.74) is 0.781. The number of amides is 1. The maximum atomic E-state index is 12.3. The van der Waals surface area contributed by atoms with E-state index in [0.717, 1.165) is 12.0 Å². The fraction of sp³-hybridized carbons (Fsp3) is 0.412. The normalized spacial score (nSPS) is 16.2. The highest BCUT2D eigenvalue weighted by Gasteiger charge is 2.30. The minimum atomic E-state index is -0.0760. The van der Waals surface area contributed by atoms with E-state index in [2.05, 4.69) is 0 Å². The second-order valence-corrected chi connectivity index (χ2v) is 7.12. The Morgan fingerprint density at radius 1 is 1.29 bits per heavy atom. The van der Waals surface area contributed by atoms with Crippen LogP contribution < -0.4 is 9.47 Å². The number of rotatable bonds is 7. The summed E-state index contributed by atoms with van der Waals surface area (Å²) in [6.45, 7) is 7.46. The van der Waals surface area contributed by atoms with Crippen molar-refractivity contribution in [1.29, 1.82) is 0 Å². The number of thiocarbonyl (C=S) groups is 1. The lowest BCUT2D eigenvalue weighted by atomic mass is 10.1. The van der Waals surface area contributed by atoms with Crippen molar-refractivity contribution >= 4 is 51.9 Å². The molecular weight excluding hydrogens is 366 g/mol. The van der Waals surface area contributed by atoms with E-state index in [9.17, 15) is 4.79 Å². The first-order valence-electron chi connectivity index (χ1n) is 7.86. The molecule has 0 atom stereocenters. The molecular formula is C17H20ClNO3S2. The van der Waals surface area contributed by atoms with Gasteiger partial charge in [0.05, 0.1) is 23.1 Å². The lowest BCUT2D eigenvalue weighted by molar-refractivity contribution is -0.121. The first-order chi connectivity index (χ1) is 11.5. The molecule has 1 saturated heterocycles. The van der Waals surface area contributed by atoms with Crippen LogP contribution in [0.4, 0.5) is 0 Å². The van der Waals surface area contributed by atoms with Gasteiger partial charge >= 0.3 is 0 Å². The molecule has 7 heteroatoms. The summed E-state index contributed by atoms with van der Waals surface area (Å²) in [6, 6.07) is 3.60. The van der Waals surface area contributed by atoms with E-state index < -0.39 is 0 Å². The zero-order chi connectivity index (χ0) is 17.7. The predicted octanol–water partition coefficient (Wildman–Crippen LogP) is 4.75. The molecule has 1 fully saturated rings. The molecule has 24 heavy (non-hydrogen) atoms. The molecule has 0 aromatic heterocycles. The van der Waals surface area contributed by atoms with E-state index in [1.54, 1.807) is 17.0 Å². The van der Waals surface area contributed by atoms with Crippen LogP contribution in [0.2, 0.25) is 5.02 Å². The molecule has 0 bridgehead atoms. The third-order valence-electron chi connectivity index (χ3n) is 3.27. The van der Waals surface area contributed by atoms with Crippen molar-refractivity contribution in [3.05, 3.63) is 27.6 Å². The minimum Gasteiger partial charge on any atom is -0.490 e. The molecule has 0 radical (unpaired) electrons.